The number of hydrogen-bond acceptors (Lipinski definition) is 6. The Kier molecular flexibility index (Phi) is 5.09. The molecular formula is C22H21FN6O2S. The Balaban J connectivity index is 1.49. The molecule has 1 aromatic carbocycles. The van der Waals surface area contributed by atoms with Crippen molar-refractivity contribution in [2.45, 2.75) is 39.2 Å². The average molecular weight is 453 g/mol. The monoisotopic (exact) mass is 452 g/mol. The molecule has 0 aliphatic carbocycles. The predicted molar refractivity (Wildman–Crippen MR) is 121 cm³/mol. The summed E-state index contributed by atoms with van der Waals surface area (Å²) in [7, 11) is 1.61. The quantitative estimate of drug-likeness (QED) is 0.512. The van der Waals surface area contributed by atoms with Crippen LogP contribution in [0, 0.1) is 12.7 Å². The fourth-order valence-electron chi connectivity index (χ4n) is 4.06. The van der Waals surface area contributed by atoms with Crippen molar-refractivity contribution in [2.75, 3.05) is 5.32 Å². The van der Waals surface area contributed by atoms with Gasteiger partial charge in [-0.25, -0.2) is 9.37 Å². The number of nitrogens with one attached hydrogen (secondary N) is 1. The third kappa shape index (κ3) is 3.40. The number of nitrogens with zero attached hydrogens (tertiary/aromatic N) is 5. The van der Waals surface area contributed by atoms with E-state index in [2.05, 4.69) is 25.1 Å². The van der Waals surface area contributed by atoms with E-state index in [9.17, 15) is 14.0 Å². The molecule has 10 heteroatoms. The fourth-order valence-corrected chi connectivity index (χ4v) is 5.10. The van der Waals surface area contributed by atoms with Gasteiger partial charge in [-0.05, 0) is 43.5 Å². The number of fused-ring (bicyclic) bond motifs is 2. The number of aromatic nitrogens is 5. The molecule has 0 radical (unpaired) electrons. The highest BCUT2D eigenvalue weighted by atomic mass is 32.1. The molecule has 1 aliphatic rings. The van der Waals surface area contributed by atoms with Gasteiger partial charge < -0.3 is 14.5 Å². The van der Waals surface area contributed by atoms with Crippen molar-refractivity contribution in [2.24, 2.45) is 7.05 Å². The first-order valence-electron chi connectivity index (χ1n) is 10.4. The molecule has 164 valence electrons. The second-order valence-electron chi connectivity index (χ2n) is 7.95. The molecule has 0 fully saturated rings. The highest BCUT2D eigenvalue weighted by Gasteiger charge is 2.21. The zero-order chi connectivity index (χ0) is 22.4. The third-order valence-electron chi connectivity index (χ3n) is 5.80. The molecule has 0 spiro atoms. The second kappa shape index (κ2) is 7.94. The zero-order valence-corrected chi connectivity index (χ0v) is 18.5. The van der Waals surface area contributed by atoms with Crippen LogP contribution in [-0.4, -0.2) is 30.2 Å². The molecule has 0 saturated heterocycles. The number of hydrogen-bond donors (Lipinski definition) is 1. The minimum absolute atomic E-state index is 0.0520. The van der Waals surface area contributed by atoms with Crippen LogP contribution >= 0.6 is 11.3 Å². The molecule has 5 rings (SSSR count). The molecule has 0 atom stereocenters. The number of carbonyl (C=O) groups excluding carboxylic acids is 1. The van der Waals surface area contributed by atoms with E-state index in [0.29, 0.717) is 32.0 Å². The smallest absolute Gasteiger partial charge is 0.266 e. The lowest BCUT2D eigenvalue weighted by Gasteiger charge is -2.10. The van der Waals surface area contributed by atoms with Gasteiger partial charge in [-0.2, -0.15) is 0 Å². The number of carbonyl (C=O) groups is 1. The summed E-state index contributed by atoms with van der Waals surface area (Å²) in [5.41, 5.74) is 1.06. The summed E-state index contributed by atoms with van der Waals surface area (Å²) in [5.74, 6) is 0.569. The predicted octanol–water partition coefficient (Wildman–Crippen LogP) is 3.68. The van der Waals surface area contributed by atoms with Crippen molar-refractivity contribution in [3.63, 3.8) is 0 Å². The summed E-state index contributed by atoms with van der Waals surface area (Å²) in [5, 5.41) is 11.7. The lowest BCUT2D eigenvalue weighted by Crippen LogP contribution is -2.17. The van der Waals surface area contributed by atoms with Gasteiger partial charge in [0, 0.05) is 25.6 Å². The Labute approximate surface area is 186 Å². The van der Waals surface area contributed by atoms with Crippen LogP contribution in [0.2, 0.25) is 0 Å². The van der Waals surface area contributed by atoms with E-state index >= 15 is 0 Å². The van der Waals surface area contributed by atoms with Crippen molar-refractivity contribution in [1.82, 2.24) is 24.3 Å². The number of thiophene rings is 1. The van der Waals surface area contributed by atoms with Crippen LogP contribution < -0.4 is 10.9 Å². The molecular weight excluding hydrogens is 431 g/mol. The van der Waals surface area contributed by atoms with Crippen molar-refractivity contribution < 1.29 is 9.18 Å². The maximum atomic E-state index is 14.6. The van der Waals surface area contributed by atoms with Gasteiger partial charge in [0.1, 0.15) is 16.5 Å². The van der Waals surface area contributed by atoms with E-state index in [-0.39, 0.29) is 11.2 Å². The molecule has 4 heterocycles. The largest absolute Gasteiger partial charge is 0.319 e. The highest BCUT2D eigenvalue weighted by molar-refractivity contribution is 7.20. The maximum Gasteiger partial charge on any atom is 0.266 e. The van der Waals surface area contributed by atoms with E-state index < -0.39 is 11.7 Å². The summed E-state index contributed by atoms with van der Waals surface area (Å²) in [6, 6.07) is 4.54. The Hall–Kier alpha value is -3.40. The highest BCUT2D eigenvalue weighted by Crippen LogP contribution is 2.30. The van der Waals surface area contributed by atoms with Gasteiger partial charge in [-0.3, -0.25) is 9.59 Å². The molecule has 1 N–H and O–H groups in total. The van der Waals surface area contributed by atoms with Crippen LogP contribution in [0.4, 0.5) is 10.1 Å². The normalized spacial score (nSPS) is 13.7. The molecule has 0 bridgehead atoms. The Morgan fingerprint density at radius 1 is 1.22 bits per heavy atom. The third-order valence-corrected chi connectivity index (χ3v) is 7.00. The van der Waals surface area contributed by atoms with Gasteiger partial charge in [-0.15, -0.1) is 21.5 Å². The van der Waals surface area contributed by atoms with Crippen molar-refractivity contribution >= 4 is 33.1 Å². The fraction of sp³-hybridized carbons (Fsp3) is 0.318. The van der Waals surface area contributed by atoms with Gasteiger partial charge in [0.2, 0.25) is 0 Å². The van der Waals surface area contributed by atoms with Crippen molar-refractivity contribution in [3.8, 4) is 11.4 Å². The van der Waals surface area contributed by atoms with Crippen LogP contribution in [0.3, 0.4) is 0 Å². The van der Waals surface area contributed by atoms with Gasteiger partial charge >= 0.3 is 0 Å². The summed E-state index contributed by atoms with van der Waals surface area (Å²) >= 11 is 1.12. The number of anilines is 1. The zero-order valence-electron chi connectivity index (χ0n) is 17.7. The van der Waals surface area contributed by atoms with Crippen LogP contribution in [-0.2, 0) is 20.0 Å². The summed E-state index contributed by atoms with van der Waals surface area (Å²) in [4.78, 5) is 30.5. The molecule has 1 aliphatic heterocycles. The summed E-state index contributed by atoms with van der Waals surface area (Å²) < 4.78 is 18.0. The van der Waals surface area contributed by atoms with Crippen LogP contribution in [0.1, 0.15) is 40.3 Å². The number of rotatable bonds is 3. The first-order valence-corrected chi connectivity index (χ1v) is 11.2. The van der Waals surface area contributed by atoms with Crippen molar-refractivity contribution in [3.05, 3.63) is 57.0 Å². The molecule has 4 aromatic rings. The number of benzene rings is 1. The molecule has 1 amide bonds. The summed E-state index contributed by atoms with van der Waals surface area (Å²) in [6.07, 6.45) is 5.56. The number of aryl methyl sites for hydroxylation is 3. The molecule has 0 unspecified atom stereocenters. The van der Waals surface area contributed by atoms with E-state index in [1.54, 1.807) is 26.1 Å². The van der Waals surface area contributed by atoms with E-state index in [1.165, 1.54) is 17.0 Å². The lowest BCUT2D eigenvalue weighted by atomic mass is 10.1. The minimum Gasteiger partial charge on any atom is -0.319 e. The van der Waals surface area contributed by atoms with Crippen LogP contribution in [0.25, 0.3) is 21.6 Å². The van der Waals surface area contributed by atoms with Gasteiger partial charge in [0.05, 0.1) is 22.3 Å². The Bertz CT molecular complexity index is 1420. The van der Waals surface area contributed by atoms with Gasteiger partial charge in [0.15, 0.2) is 5.82 Å². The molecule has 0 saturated carbocycles. The standard InChI is InChI=1S/C22H21FN6O2S/c1-12-17-21(24-11-28(2)22(17)31)32-18(12)20(30)25-15-10-13(7-8-14(15)23)19-27-26-16-6-4-3-5-9-29(16)19/h7-8,10-11H,3-6,9H2,1-2H3,(H,25,30). The number of halogens is 1. The first kappa shape index (κ1) is 20.5. The lowest BCUT2D eigenvalue weighted by molar-refractivity contribution is 0.102. The van der Waals surface area contributed by atoms with Crippen LogP contribution in [0.5, 0.6) is 0 Å². The number of amides is 1. The van der Waals surface area contributed by atoms with E-state index in [0.717, 1.165) is 49.4 Å². The minimum atomic E-state index is -0.550. The van der Waals surface area contributed by atoms with E-state index in [1.807, 2.05) is 0 Å². The second-order valence-corrected chi connectivity index (χ2v) is 8.95. The Morgan fingerprint density at radius 3 is 2.91 bits per heavy atom. The van der Waals surface area contributed by atoms with Crippen LogP contribution in [0.15, 0.2) is 29.3 Å². The first-order chi connectivity index (χ1) is 15.4. The molecule has 32 heavy (non-hydrogen) atoms. The maximum absolute atomic E-state index is 14.6. The van der Waals surface area contributed by atoms with E-state index in [4.69, 9.17) is 0 Å². The molecule has 8 nitrogen and oxygen atoms in total. The van der Waals surface area contributed by atoms with Gasteiger partial charge in [-0.1, -0.05) is 6.42 Å². The summed E-state index contributed by atoms with van der Waals surface area (Å²) in [6.45, 7) is 2.52. The average Bonchev–Trinajstić information content (AvgIpc) is 3.24. The van der Waals surface area contributed by atoms with Crippen molar-refractivity contribution in [1.29, 1.82) is 0 Å². The molecule has 3 aromatic heterocycles. The SMILES string of the molecule is Cc1c(C(=O)Nc2cc(-c3nnc4n3CCCCC4)ccc2F)sc2ncn(C)c(=O)c12. The van der Waals surface area contributed by atoms with Gasteiger partial charge in [0.25, 0.3) is 11.5 Å². The Morgan fingerprint density at radius 2 is 2.06 bits per heavy atom. The topological polar surface area (TPSA) is 94.7 Å².